The fraction of sp³-hybridized carbons (Fsp3) is 0.727. The van der Waals surface area contributed by atoms with Crippen molar-refractivity contribution in [3.05, 3.63) is 11.9 Å². The summed E-state index contributed by atoms with van der Waals surface area (Å²) in [6.45, 7) is 6.28. The molecule has 2 heterocycles. The molecule has 14 nitrogen and oxygen atoms in total. The molecule has 1 fully saturated rings. The quantitative estimate of drug-likeness (QED) is 0.250. The normalized spacial score (nSPS) is 17.2. The maximum absolute atomic E-state index is 12.4. The first-order chi connectivity index (χ1) is 17.0. The SMILES string of the molecule is CC(C)c1cn(CCNC(=O)CCC(C(=O)O)N2CCN(CC(=O)O)CCN(CC(=O)O)CC2)nn1. The van der Waals surface area contributed by atoms with E-state index >= 15 is 0 Å². The molecule has 0 bridgehead atoms. The predicted octanol–water partition coefficient (Wildman–Crippen LogP) is -1.16. The van der Waals surface area contributed by atoms with Gasteiger partial charge in [-0.15, -0.1) is 5.10 Å². The summed E-state index contributed by atoms with van der Waals surface area (Å²) in [6, 6.07) is -0.962. The second-order valence-corrected chi connectivity index (χ2v) is 9.18. The van der Waals surface area contributed by atoms with E-state index in [2.05, 4.69) is 15.6 Å². The first kappa shape index (κ1) is 29.1. The number of nitrogens with zero attached hydrogens (tertiary/aromatic N) is 6. The minimum atomic E-state index is -1.08. The molecule has 1 aromatic heterocycles. The van der Waals surface area contributed by atoms with Gasteiger partial charge in [-0.2, -0.15) is 0 Å². The Morgan fingerprint density at radius 3 is 1.97 bits per heavy atom. The van der Waals surface area contributed by atoms with E-state index in [1.54, 1.807) is 19.4 Å². The molecule has 1 atom stereocenters. The molecule has 0 spiro atoms. The molecule has 0 aromatic carbocycles. The van der Waals surface area contributed by atoms with Gasteiger partial charge >= 0.3 is 17.9 Å². The van der Waals surface area contributed by atoms with Crippen molar-refractivity contribution in [3.63, 3.8) is 0 Å². The van der Waals surface area contributed by atoms with Crippen LogP contribution in [0.4, 0.5) is 0 Å². The molecule has 1 saturated heterocycles. The molecular formula is C22H37N7O7. The third-order valence-corrected chi connectivity index (χ3v) is 6.04. The van der Waals surface area contributed by atoms with Crippen LogP contribution in [-0.4, -0.2) is 134 Å². The number of rotatable bonds is 13. The number of aromatic nitrogens is 3. The largest absolute Gasteiger partial charge is 0.480 e. The lowest BCUT2D eigenvalue weighted by molar-refractivity contribution is -0.144. The third kappa shape index (κ3) is 10.3. The Bertz CT molecular complexity index is 864. The molecule has 0 saturated carbocycles. The summed E-state index contributed by atoms with van der Waals surface area (Å²) in [4.78, 5) is 51.9. The van der Waals surface area contributed by atoms with E-state index in [0.29, 0.717) is 39.3 Å². The van der Waals surface area contributed by atoms with E-state index in [-0.39, 0.29) is 50.8 Å². The lowest BCUT2D eigenvalue weighted by atomic mass is 10.1. The number of aliphatic carboxylic acids is 3. The molecule has 36 heavy (non-hydrogen) atoms. The van der Waals surface area contributed by atoms with Crippen molar-refractivity contribution in [1.29, 1.82) is 0 Å². The molecular weight excluding hydrogens is 474 g/mol. The standard InChI is InChI=1S/C22H37N7O7/c1-16(2)17-13-29(25-24-17)6-5-23-19(30)4-3-18(22(35)36)28-11-9-26(14-20(31)32)7-8-27(10-12-28)15-21(33)34/h13,16,18H,3-12,14-15H2,1-2H3,(H,23,30)(H,31,32)(H,33,34)(H,35,36). The lowest BCUT2D eigenvalue weighted by Gasteiger charge is -2.30. The minimum absolute atomic E-state index is 0.000250. The predicted molar refractivity (Wildman–Crippen MR) is 128 cm³/mol. The van der Waals surface area contributed by atoms with Crippen molar-refractivity contribution in [1.82, 2.24) is 35.0 Å². The fourth-order valence-electron chi connectivity index (χ4n) is 3.98. The number of carboxylic acid groups (broad SMARTS) is 3. The van der Waals surface area contributed by atoms with Gasteiger partial charge in [0, 0.05) is 58.4 Å². The average molecular weight is 512 g/mol. The first-order valence-corrected chi connectivity index (χ1v) is 12.1. The molecule has 0 radical (unpaired) electrons. The first-order valence-electron chi connectivity index (χ1n) is 12.1. The van der Waals surface area contributed by atoms with Crippen molar-refractivity contribution >= 4 is 23.8 Å². The van der Waals surface area contributed by atoms with Gasteiger partial charge in [-0.3, -0.25) is 38.6 Å². The van der Waals surface area contributed by atoms with Crippen molar-refractivity contribution in [2.24, 2.45) is 0 Å². The van der Waals surface area contributed by atoms with Crippen molar-refractivity contribution in [2.45, 2.75) is 45.2 Å². The van der Waals surface area contributed by atoms with E-state index in [0.717, 1.165) is 5.69 Å². The highest BCUT2D eigenvalue weighted by atomic mass is 16.4. The lowest BCUT2D eigenvalue weighted by Crippen LogP contribution is -2.47. The van der Waals surface area contributed by atoms with Gasteiger partial charge in [0.2, 0.25) is 5.91 Å². The van der Waals surface area contributed by atoms with Gasteiger partial charge in [0.25, 0.3) is 0 Å². The summed E-state index contributed by atoms with van der Waals surface area (Å²) in [5.41, 5.74) is 0.860. The summed E-state index contributed by atoms with van der Waals surface area (Å²) in [5.74, 6) is -3.14. The van der Waals surface area contributed by atoms with Crippen LogP contribution in [0.1, 0.15) is 38.3 Å². The zero-order valence-electron chi connectivity index (χ0n) is 20.9. The number of hydrogen-bond donors (Lipinski definition) is 4. The molecule has 0 aliphatic carbocycles. The number of carbonyl (C=O) groups is 4. The molecule has 1 aromatic rings. The molecule has 14 heteroatoms. The Morgan fingerprint density at radius 1 is 0.944 bits per heavy atom. The summed E-state index contributed by atoms with van der Waals surface area (Å²) < 4.78 is 1.64. The summed E-state index contributed by atoms with van der Waals surface area (Å²) >= 11 is 0. The zero-order valence-corrected chi connectivity index (χ0v) is 20.9. The highest BCUT2D eigenvalue weighted by Crippen LogP contribution is 2.11. The number of amides is 1. The summed E-state index contributed by atoms with van der Waals surface area (Å²) in [5, 5.41) is 39.1. The Morgan fingerprint density at radius 2 is 1.50 bits per heavy atom. The molecule has 2 rings (SSSR count). The number of hydrogen-bond acceptors (Lipinski definition) is 9. The maximum Gasteiger partial charge on any atom is 0.320 e. The molecule has 4 N–H and O–H groups in total. The fourth-order valence-corrected chi connectivity index (χ4v) is 3.98. The smallest absolute Gasteiger partial charge is 0.320 e. The van der Waals surface area contributed by atoms with Gasteiger partial charge in [0.05, 0.1) is 25.3 Å². The summed E-state index contributed by atoms with van der Waals surface area (Å²) in [7, 11) is 0. The molecule has 1 aliphatic rings. The number of nitrogens with one attached hydrogen (secondary N) is 1. The van der Waals surface area contributed by atoms with Gasteiger partial charge in [-0.1, -0.05) is 19.1 Å². The maximum atomic E-state index is 12.4. The Labute approximate surface area is 209 Å². The third-order valence-electron chi connectivity index (χ3n) is 6.04. The molecule has 202 valence electrons. The second kappa shape index (κ2) is 14.5. The highest BCUT2D eigenvalue weighted by Gasteiger charge is 2.28. The van der Waals surface area contributed by atoms with Crippen LogP contribution >= 0.6 is 0 Å². The van der Waals surface area contributed by atoms with Crippen LogP contribution in [0.3, 0.4) is 0 Å². The van der Waals surface area contributed by atoms with Crippen molar-refractivity contribution in [3.8, 4) is 0 Å². The zero-order chi connectivity index (χ0) is 26.7. The van der Waals surface area contributed by atoms with Gasteiger partial charge < -0.3 is 20.6 Å². The van der Waals surface area contributed by atoms with Crippen LogP contribution in [0.5, 0.6) is 0 Å². The van der Waals surface area contributed by atoms with Crippen molar-refractivity contribution in [2.75, 3.05) is 58.9 Å². The van der Waals surface area contributed by atoms with Crippen LogP contribution in [0, 0.1) is 0 Å². The highest BCUT2D eigenvalue weighted by molar-refractivity contribution is 5.78. The Kier molecular flexibility index (Phi) is 11.7. The van der Waals surface area contributed by atoms with Gasteiger partial charge in [-0.05, 0) is 12.3 Å². The number of carboxylic acids is 3. The van der Waals surface area contributed by atoms with E-state index in [1.165, 1.54) is 0 Å². The van der Waals surface area contributed by atoms with Gasteiger partial charge in [-0.25, -0.2) is 0 Å². The minimum Gasteiger partial charge on any atom is -0.480 e. The van der Waals surface area contributed by atoms with Gasteiger partial charge in [0.15, 0.2) is 0 Å². The molecule has 1 amide bonds. The average Bonchev–Trinajstić information content (AvgIpc) is 3.28. The van der Waals surface area contributed by atoms with Crippen LogP contribution in [0.15, 0.2) is 6.20 Å². The van der Waals surface area contributed by atoms with Crippen LogP contribution in [0.25, 0.3) is 0 Å². The number of carbonyl (C=O) groups excluding carboxylic acids is 1. The van der Waals surface area contributed by atoms with E-state index < -0.39 is 23.9 Å². The van der Waals surface area contributed by atoms with Crippen molar-refractivity contribution < 1.29 is 34.5 Å². The second-order valence-electron chi connectivity index (χ2n) is 9.18. The summed E-state index contributed by atoms with van der Waals surface area (Å²) in [6.07, 6.45) is 1.89. The monoisotopic (exact) mass is 511 g/mol. The molecule has 1 unspecified atom stereocenters. The van der Waals surface area contributed by atoms with Crippen LogP contribution in [-0.2, 0) is 25.7 Å². The Hall–Kier alpha value is -3.10. The van der Waals surface area contributed by atoms with Crippen LogP contribution < -0.4 is 5.32 Å². The Balaban J connectivity index is 1.93. The van der Waals surface area contributed by atoms with E-state index in [1.807, 2.05) is 20.0 Å². The van der Waals surface area contributed by atoms with E-state index in [9.17, 15) is 34.5 Å². The van der Waals surface area contributed by atoms with Gasteiger partial charge in [0.1, 0.15) is 6.04 Å². The van der Waals surface area contributed by atoms with Crippen LogP contribution in [0.2, 0.25) is 0 Å². The van der Waals surface area contributed by atoms with E-state index in [4.69, 9.17) is 0 Å². The molecule has 1 aliphatic heterocycles. The topological polar surface area (TPSA) is 181 Å².